The number of aliphatic hydroxyl groups excluding tert-OH is 1. The number of unbranched alkanes of at least 4 members (excludes halogenated alkanes) is 1. The van der Waals surface area contributed by atoms with Crippen molar-refractivity contribution in [2.75, 3.05) is 11.4 Å². The fourth-order valence-electron chi connectivity index (χ4n) is 5.76. The number of carbonyl (C=O) groups is 3. The smallest absolute Gasteiger partial charge is 0.326 e. The molecule has 45 heavy (non-hydrogen) atoms. The van der Waals surface area contributed by atoms with Crippen molar-refractivity contribution in [2.45, 2.75) is 82.8 Å². The Balaban J connectivity index is 1.42. The van der Waals surface area contributed by atoms with Gasteiger partial charge in [-0.2, -0.15) is 0 Å². The van der Waals surface area contributed by atoms with Crippen molar-refractivity contribution in [3.8, 4) is 12.3 Å². The highest BCUT2D eigenvalue weighted by Crippen LogP contribution is 2.39. The molecule has 0 saturated carbocycles. The van der Waals surface area contributed by atoms with E-state index in [-0.39, 0.29) is 54.8 Å². The van der Waals surface area contributed by atoms with Crippen molar-refractivity contribution in [2.24, 2.45) is 0 Å². The van der Waals surface area contributed by atoms with Gasteiger partial charge in [-0.25, -0.2) is 9.78 Å². The lowest BCUT2D eigenvalue weighted by molar-refractivity contribution is -0.139. The Kier molecular flexibility index (Phi) is 10.9. The predicted octanol–water partition coefficient (Wildman–Crippen LogP) is 3.44. The summed E-state index contributed by atoms with van der Waals surface area (Å²) in [7, 11) is -2.15. The topological polar surface area (TPSA) is 173 Å². The van der Waals surface area contributed by atoms with Crippen molar-refractivity contribution in [3.05, 3.63) is 69.3 Å². The van der Waals surface area contributed by atoms with E-state index in [0.717, 1.165) is 36.1 Å². The van der Waals surface area contributed by atoms with Crippen LogP contribution in [-0.4, -0.2) is 63.5 Å². The van der Waals surface area contributed by atoms with Crippen molar-refractivity contribution in [1.29, 1.82) is 0 Å². The molecule has 1 amide bonds. The third-order valence-corrected chi connectivity index (χ3v) is 9.70. The highest BCUT2D eigenvalue weighted by Gasteiger charge is 2.29. The van der Waals surface area contributed by atoms with Gasteiger partial charge in [-0.05, 0) is 92.3 Å². The van der Waals surface area contributed by atoms with Crippen LogP contribution >= 0.6 is 0 Å². The lowest BCUT2D eigenvalue weighted by atomic mass is 10.0. The number of carboxylic acids is 1. The number of aromatic amines is 1. The summed E-state index contributed by atoms with van der Waals surface area (Å²) in [4.78, 5) is 68.6. The number of aliphatic hydroxyl groups is 1. The summed E-state index contributed by atoms with van der Waals surface area (Å²) < 4.78 is 0. The number of H-pyrrole nitrogens is 1. The van der Waals surface area contributed by atoms with Crippen LogP contribution in [0.5, 0.6) is 0 Å². The average molecular weight is 633 g/mol. The van der Waals surface area contributed by atoms with Gasteiger partial charge in [-0.3, -0.25) is 14.4 Å². The largest absolute Gasteiger partial charge is 0.480 e. The number of aryl methyl sites for hydroxylation is 1. The number of carbonyl (C=O) groups excluding carboxylic acids is 2. The van der Waals surface area contributed by atoms with E-state index in [1.807, 2.05) is 30.1 Å². The molecule has 0 aliphatic heterocycles. The maximum absolute atomic E-state index is 13.0. The number of carboxylic acid groups (broad SMARTS) is 1. The Labute approximate surface area is 262 Å². The van der Waals surface area contributed by atoms with Crippen molar-refractivity contribution in [1.82, 2.24) is 15.3 Å². The van der Waals surface area contributed by atoms with E-state index in [4.69, 9.17) is 6.42 Å². The summed E-state index contributed by atoms with van der Waals surface area (Å²) in [6.07, 6.45) is 8.98. The third-order valence-electron chi connectivity index (χ3n) is 8.12. The third kappa shape index (κ3) is 8.66. The number of nitrogens with one attached hydrogen (secondary N) is 2. The molecule has 1 aromatic heterocycles. The van der Waals surface area contributed by atoms with E-state index >= 15 is 0 Å². The van der Waals surface area contributed by atoms with Crippen LogP contribution < -0.4 is 15.8 Å². The molecule has 0 unspecified atom stereocenters. The first kappa shape index (κ1) is 33.6. The molecule has 1 heterocycles. The average Bonchev–Trinajstić information content (AvgIpc) is 3.41. The zero-order valence-electron chi connectivity index (χ0n) is 25.6. The fraction of sp³-hybridized carbons (Fsp3) is 0.424. The minimum Gasteiger partial charge on any atom is -0.480 e. The van der Waals surface area contributed by atoms with E-state index < -0.39 is 26.2 Å². The number of amides is 1. The number of aromatic nitrogens is 2. The molecule has 5 N–H and O–H groups in total. The maximum atomic E-state index is 13.0. The number of hydrogen-bond donors (Lipinski definition) is 5. The second-order valence-corrected chi connectivity index (χ2v) is 16.3. The summed E-state index contributed by atoms with van der Waals surface area (Å²) in [6, 6.07) is 9.80. The fourth-order valence-corrected chi connectivity index (χ4v) is 6.88. The van der Waals surface area contributed by atoms with Crippen LogP contribution in [0.4, 0.5) is 5.69 Å². The SMILES string of the molecule is C#CCN(c1ccc(C(=O)N[C@@H](CCC(=O)CCCC[Si](C)(C)O)C(=O)O)cc1)[C@H]1CCc2cc3nc(CO)[nH]c(=O)c3cc21. The molecular weight excluding hydrogens is 592 g/mol. The molecule has 4 rings (SSSR count). The molecule has 2 aromatic carbocycles. The molecule has 11 nitrogen and oxygen atoms in total. The number of benzene rings is 2. The normalized spacial score (nSPS) is 14.9. The number of fused-ring (bicyclic) bond motifs is 2. The van der Waals surface area contributed by atoms with Crippen LogP contribution in [0.2, 0.25) is 19.1 Å². The van der Waals surface area contributed by atoms with Gasteiger partial charge >= 0.3 is 5.97 Å². The molecule has 238 valence electrons. The van der Waals surface area contributed by atoms with Crippen molar-refractivity contribution >= 4 is 42.6 Å². The molecule has 2 atom stereocenters. The maximum Gasteiger partial charge on any atom is 0.326 e. The van der Waals surface area contributed by atoms with Crippen LogP contribution in [0, 0.1) is 12.3 Å². The summed E-state index contributed by atoms with van der Waals surface area (Å²) in [5.41, 5.74) is 3.22. The van der Waals surface area contributed by atoms with Crippen LogP contribution in [0.3, 0.4) is 0 Å². The number of aliphatic carboxylic acids is 1. The zero-order chi connectivity index (χ0) is 32.7. The molecule has 12 heteroatoms. The molecule has 0 spiro atoms. The van der Waals surface area contributed by atoms with Gasteiger partial charge in [0.25, 0.3) is 11.5 Å². The van der Waals surface area contributed by atoms with E-state index in [1.54, 1.807) is 24.3 Å². The Bertz CT molecular complexity index is 1660. The second-order valence-electron chi connectivity index (χ2n) is 12.1. The van der Waals surface area contributed by atoms with Gasteiger partial charge in [0.15, 0.2) is 8.32 Å². The van der Waals surface area contributed by atoms with Crippen LogP contribution in [0.1, 0.15) is 71.9 Å². The number of nitrogens with zero attached hydrogens (tertiary/aromatic N) is 2. The van der Waals surface area contributed by atoms with E-state index in [0.29, 0.717) is 29.8 Å². The summed E-state index contributed by atoms with van der Waals surface area (Å²) in [5.74, 6) is 1.06. The summed E-state index contributed by atoms with van der Waals surface area (Å²) in [5, 5.41) is 22.0. The molecule has 1 aliphatic carbocycles. The van der Waals surface area contributed by atoms with E-state index in [9.17, 15) is 34.2 Å². The Morgan fingerprint density at radius 3 is 2.56 bits per heavy atom. The van der Waals surface area contributed by atoms with Gasteiger partial charge in [0.05, 0.1) is 23.5 Å². The monoisotopic (exact) mass is 632 g/mol. The van der Waals surface area contributed by atoms with Gasteiger partial charge in [0.2, 0.25) is 0 Å². The Hall–Kier alpha value is -4.31. The lowest BCUT2D eigenvalue weighted by Gasteiger charge is -2.30. The van der Waals surface area contributed by atoms with Crippen LogP contribution in [0.25, 0.3) is 10.9 Å². The highest BCUT2D eigenvalue weighted by molar-refractivity contribution is 6.69. The number of ketones is 1. The first-order valence-corrected chi connectivity index (χ1v) is 18.3. The van der Waals surface area contributed by atoms with Gasteiger partial charge in [0.1, 0.15) is 24.3 Å². The Morgan fingerprint density at radius 1 is 1.18 bits per heavy atom. The van der Waals surface area contributed by atoms with Gasteiger partial charge in [-0.1, -0.05) is 12.3 Å². The minimum absolute atomic E-state index is 0.0103. The first-order valence-electron chi connectivity index (χ1n) is 15.1. The number of rotatable bonds is 15. The number of Topliss-reactive ketones (excluding diaryl/α,β-unsaturated/α-hetero) is 1. The van der Waals surface area contributed by atoms with Gasteiger partial charge in [0, 0.05) is 24.1 Å². The molecule has 0 fully saturated rings. The lowest BCUT2D eigenvalue weighted by Crippen LogP contribution is -2.41. The summed E-state index contributed by atoms with van der Waals surface area (Å²) >= 11 is 0. The first-order chi connectivity index (χ1) is 21.4. The quantitative estimate of drug-likeness (QED) is 0.0956. The van der Waals surface area contributed by atoms with E-state index in [1.165, 1.54) is 0 Å². The van der Waals surface area contributed by atoms with E-state index in [2.05, 4.69) is 21.2 Å². The van der Waals surface area contributed by atoms with Crippen LogP contribution in [0.15, 0.2) is 41.2 Å². The standard InChI is InChI=1S/C33H40N4O7Si/c1-4-16-37(29-15-10-22-18-28-26(19-25(22)29)32(41)36-30(20-38)34-28)23-11-8-21(9-12-23)31(40)35-27(33(42)43)14-13-24(39)7-5-6-17-45(2,3)44/h1,8-9,11-12,18-19,27,29,38,44H,5-7,10,13-17,20H2,2-3H3,(H,35,40)(H,42,43)(H,34,36,41)/t27-,29-/m0/s1. The molecular formula is C33H40N4O7Si. The minimum atomic E-state index is -2.15. The molecule has 1 aliphatic rings. The molecule has 0 bridgehead atoms. The van der Waals surface area contributed by atoms with Crippen molar-refractivity contribution in [3.63, 3.8) is 0 Å². The Morgan fingerprint density at radius 2 is 1.91 bits per heavy atom. The van der Waals surface area contributed by atoms with Crippen molar-refractivity contribution < 1.29 is 29.4 Å². The predicted molar refractivity (Wildman–Crippen MR) is 173 cm³/mol. The number of anilines is 1. The molecule has 0 radical (unpaired) electrons. The van der Waals surface area contributed by atoms with Crippen LogP contribution in [-0.2, 0) is 22.6 Å². The van der Waals surface area contributed by atoms with Gasteiger partial charge in [-0.15, -0.1) is 6.42 Å². The zero-order valence-corrected chi connectivity index (χ0v) is 26.6. The summed E-state index contributed by atoms with van der Waals surface area (Å²) in [6.45, 7) is 3.62. The molecule has 0 saturated heterocycles. The highest BCUT2D eigenvalue weighted by atomic mass is 28.4. The number of hydrogen-bond acceptors (Lipinski definition) is 8. The second kappa shape index (κ2) is 14.6. The number of terminal acetylenes is 1. The molecule has 3 aromatic rings. The van der Waals surface area contributed by atoms with Gasteiger partial charge < -0.3 is 30.2 Å².